The van der Waals surface area contributed by atoms with E-state index in [2.05, 4.69) is 31.4 Å². The highest BCUT2D eigenvalue weighted by molar-refractivity contribution is 6.10. The van der Waals surface area contributed by atoms with Crippen LogP contribution in [0.1, 0.15) is 67.7 Å². The van der Waals surface area contributed by atoms with Gasteiger partial charge in [0.1, 0.15) is 11.7 Å². The number of rotatable bonds is 9. The van der Waals surface area contributed by atoms with Crippen LogP contribution in [-0.2, 0) is 20.9 Å². The fourth-order valence-electron chi connectivity index (χ4n) is 4.91. The van der Waals surface area contributed by atoms with Crippen LogP contribution in [0.3, 0.4) is 0 Å². The lowest BCUT2D eigenvalue weighted by atomic mass is 9.93. The molecule has 1 aromatic carbocycles. The molecule has 0 aromatic heterocycles. The van der Waals surface area contributed by atoms with Gasteiger partial charge in [-0.2, -0.15) is 0 Å². The maximum atomic E-state index is 12.5. The van der Waals surface area contributed by atoms with Crippen molar-refractivity contribution in [3.8, 4) is 0 Å². The molecule has 0 saturated heterocycles. The van der Waals surface area contributed by atoms with E-state index in [0.717, 1.165) is 23.2 Å². The highest BCUT2D eigenvalue weighted by Crippen LogP contribution is 2.43. The smallest absolute Gasteiger partial charge is 0.340 e. The Balaban J connectivity index is 1.52. The molecule has 2 heterocycles. The zero-order valence-electron chi connectivity index (χ0n) is 20.1. The lowest BCUT2D eigenvalue weighted by Crippen LogP contribution is -2.41. The molecule has 0 spiro atoms. The number of carbonyl (C=O) groups excluding carboxylic acids is 2. The molecule has 3 N–H and O–H groups in total. The Kier molecular flexibility index (Phi) is 6.04. The summed E-state index contributed by atoms with van der Waals surface area (Å²) in [6.45, 7) is 6.94. The minimum atomic E-state index is -0.678. The highest BCUT2D eigenvalue weighted by Gasteiger charge is 2.36. The third kappa shape index (κ3) is 4.28. The standard InChI is InChI=1S/C26H33N5O3/c1-4-34-26(33)23-24(27)29-31-10-9-22(28-25(23)31)19-11-20(15(2)21(12-19)18-7-8-18)13-30(14-32)16(3)17-5-6-17/h9-12,14,16-18,24,29H,4-8,13,27H2,1-3H3. The molecular weight excluding hydrogens is 430 g/mol. The van der Waals surface area contributed by atoms with Crippen LogP contribution in [0.4, 0.5) is 0 Å². The first kappa shape index (κ1) is 22.8. The number of hydrogen-bond acceptors (Lipinski definition) is 7. The van der Waals surface area contributed by atoms with Gasteiger partial charge in [0.05, 0.1) is 12.3 Å². The monoisotopic (exact) mass is 463 g/mol. The number of allylic oxidation sites excluding steroid dienone is 1. The van der Waals surface area contributed by atoms with Crippen LogP contribution in [-0.4, -0.2) is 46.8 Å². The number of hydrogen-bond donors (Lipinski definition) is 2. The largest absolute Gasteiger partial charge is 0.462 e. The molecule has 180 valence electrons. The van der Waals surface area contributed by atoms with E-state index < -0.39 is 12.1 Å². The van der Waals surface area contributed by atoms with E-state index in [1.807, 2.05) is 17.2 Å². The highest BCUT2D eigenvalue weighted by atomic mass is 16.5. The Morgan fingerprint density at radius 2 is 2.12 bits per heavy atom. The van der Waals surface area contributed by atoms with Crippen LogP contribution < -0.4 is 11.2 Å². The second-order valence-electron chi connectivity index (χ2n) is 9.73. The first-order valence-electron chi connectivity index (χ1n) is 12.2. The van der Waals surface area contributed by atoms with E-state index in [-0.39, 0.29) is 12.6 Å². The van der Waals surface area contributed by atoms with Crippen LogP contribution in [0.15, 0.2) is 40.8 Å². The van der Waals surface area contributed by atoms with Crippen molar-refractivity contribution in [3.05, 3.63) is 58.1 Å². The molecule has 2 aliphatic heterocycles. The van der Waals surface area contributed by atoms with Gasteiger partial charge in [-0.15, -0.1) is 0 Å². The minimum Gasteiger partial charge on any atom is -0.462 e. The normalized spacial score (nSPS) is 22.4. The van der Waals surface area contributed by atoms with E-state index in [9.17, 15) is 9.59 Å². The molecule has 1 aromatic rings. The Hall–Kier alpha value is -2.97. The fraction of sp³-hybridized carbons (Fsp3) is 0.500. The summed E-state index contributed by atoms with van der Waals surface area (Å²) in [6, 6.07) is 4.61. The summed E-state index contributed by atoms with van der Waals surface area (Å²) < 4.78 is 5.21. The molecule has 2 aliphatic carbocycles. The van der Waals surface area contributed by atoms with Crippen molar-refractivity contribution in [1.82, 2.24) is 15.3 Å². The number of nitrogens with zero attached hydrogens (tertiary/aromatic N) is 3. The summed E-state index contributed by atoms with van der Waals surface area (Å²) >= 11 is 0. The molecule has 2 saturated carbocycles. The van der Waals surface area contributed by atoms with Gasteiger partial charge >= 0.3 is 5.97 Å². The number of fused-ring (bicyclic) bond motifs is 1. The Morgan fingerprint density at radius 3 is 2.76 bits per heavy atom. The molecule has 8 heteroatoms. The topological polar surface area (TPSA) is 100 Å². The van der Waals surface area contributed by atoms with Crippen LogP contribution in [0.5, 0.6) is 0 Å². The lowest BCUT2D eigenvalue weighted by molar-refractivity contribution is -0.138. The number of ether oxygens (including phenoxy) is 1. The average molecular weight is 464 g/mol. The summed E-state index contributed by atoms with van der Waals surface area (Å²) in [4.78, 5) is 31.2. The number of carbonyl (C=O) groups is 2. The van der Waals surface area contributed by atoms with E-state index in [1.54, 1.807) is 11.9 Å². The van der Waals surface area contributed by atoms with E-state index >= 15 is 0 Å². The number of benzene rings is 1. The van der Waals surface area contributed by atoms with Gasteiger partial charge in [-0.3, -0.25) is 9.80 Å². The fourth-order valence-corrected chi connectivity index (χ4v) is 4.91. The summed E-state index contributed by atoms with van der Waals surface area (Å²) in [5.41, 5.74) is 15.0. The van der Waals surface area contributed by atoms with Gasteiger partial charge in [0.15, 0.2) is 5.82 Å². The predicted molar refractivity (Wildman–Crippen MR) is 129 cm³/mol. The minimum absolute atomic E-state index is 0.244. The number of nitrogens with one attached hydrogen (secondary N) is 1. The Labute approximate surface area is 200 Å². The summed E-state index contributed by atoms with van der Waals surface area (Å²) in [6.07, 6.45) is 8.85. The molecule has 2 atom stereocenters. The summed E-state index contributed by atoms with van der Waals surface area (Å²) in [7, 11) is 0. The third-order valence-corrected chi connectivity index (χ3v) is 7.35. The van der Waals surface area contributed by atoms with E-state index in [1.165, 1.54) is 36.8 Å². The Morgan fingerprint density at radius 1 is 1.35 bits per heavy atom. The zero-order chi connectivity index (χ0) is 24.0. The second-order valence-corrected chi connectivity index (χ2v) is 9.73. The van der Waals surface area contributed by atoms with Crippen LogP contribution >= 0.6 is 0 Å². The first-order chi connectivity index (χ1) is 16.4. The lowest BCUT2D eigenvalue weighted by Gasteiger charge is -2.27. The van der Waals surface area contributed by atoms with Crippen LogP contribution in [0.2, 0.25) is 0 Å². The van der Waals surface area contributed by atoms with Crippen molar-refractivity contribution in [2.24, 2.45) is 16.6 Å². The van der Waals surface area contributed by atoms with Gasteiger partial charge in [0.25, 0.3) is 0 Å². The van der Waals surface area contributed by atoms with Gasteiger partial charge < -0.3 is 15.4 Å². The number of aliphatic imine (C=N–C) groups is 1. The second kappa shape index (κ2) is 9.00. The maximum Gasteiger partial charge on any atom is 0.340 e. The van der Waals surface area contributed by atoms with Crippen molar-refractivity contribution < 1.29 is 14.3 Å². The van der Waals surface area contributed by atoms with Crippen molar-refractivity contribution in [2.75, 3.05) is 6.61 Å². The molecule has 5 rings (SSSR count). The quantitative estimate of drug-likeness (QED) is 0.432. The molecule has 2 fully saturated rings. The van der Waals surface area contributed by atoms with E-state index in [0.29, 0.717) is 29.8 Å². The van der Waals surface area contributed by atoms with Crippen molar-refractivity contribution in [1.29, 1.82) is 0 Å². The zero-order valence-corrected chi connectivity index (χ0v) is 20.1. The SMILES string of the molecule is CCOC(=O)C1=C2N=C(c3cc(CN(C=O)C(C)C4CC4)c(C)c(C4CC4)c3)C=CN2NC1N. The average Bonchev–Trinajstić information content (AvgIpc) is 3.73. The number of nitrogens with two attached hydrogens (primary N) is 1. The van der Waals surface area contributed by atoms with Crippen molar-refractivity contribution in [3.63, 3.8) is 0 Å². The van der Waals surface area contributed by atoms with Crippen molar-refractivity contribution in [2.45, 2.75) is 71.1 Å². The Bertz CT molecular complexity index is 1100. The van der Waals surface area contributed by atoms with Gasteiger partial charge in [-0.05, 0) is 93.2 Å². The predicted octanol–water partition coefficient (Wildman–Crippen LogP) is 2.83. The molecule has 2 unspecified atom stereocenters. The van der Waals surface area contributed by atoms with Gasteiger partial charge in [-0.1, -0.05) is 0 Å². The molecule has 0 bridgehead atoms. The molecular formula is C26H33N5O3. The van der Waals surface area contributed by atoms with Crippen molar-refractivity contribution >= 4 is 18.1 Å². The first-order valence-corrected chi connectivity index (χ1v) is 12.2. The van der Waals surface area contributed by atoms with Crippen LogP contribution in [0.25, 0.3) is 0 Å². The molecule has 34 heavy (non-hydrogen) atoms. The summed E-state index contributed by atoms with van der Waals surface area (Å²) in [5.74, 6) is 1.18. The van der Waals surface area contributed by atoms with E-state index in [4.69, 9.17) is 15.5 Å². The van der Waals surface area contributed by atoms with Crippen LogP contribution in [0, 0.1) is 12.8 Å². The molecule has 0 radical (unpaired) electrons. The maximum absolute atomic E-state index is 12.5. The number of hydrazine groups is 1. The molecule has 4 aliphatic rings. The van der Waals surface area contributed by atoms with Gasteiger partial charge in [-0.25, -0.2) is 15.2 Å². The third-order valence-electron chi connectivity index (χ3n) is 7.35. The van der Waals surface area contributed by atoms with Gasteiger partial charge in [0, 0.05) is 24.4 Å². The number of esters is 1. The molecule has 8 nitrogen and oxygen atoms in total. The number of amides is 1. The molecule has 1 amide bonds. The van der Waals surface area contributed by atoms with Gasteiger partial charge in [0.2, 0.25) is 6.41 Å². The summed E-state index contributed by atoms with van der Waals surface area (Å²) in [5, 5.41) is 1.67.